The summed E-state index contributed by atoms with van der Waals surface area (Å²) in [6, 6.07) is 0. The molecule has 110 valence electrons. The first-order chi connectivity index (χ1) is 8.95. The normalized spacial score (nSPS) is 26.3. The Balaban J connectivity index is 1.98. The predicted molar refractivity (Wildman–Crippen MR) is 72.9 cm³/mol. The van der Waals surface area contributed by atoms with E-state index in [-0.39, 0.29) is 12.2 Å². The minimum Gasteiger partial charge on any atom is -0.481 e. The molecule has 0 aromatic heterocycles. The molecule has 2 rings (SSSR count). The van der Waals surface area contributed by atoms with Gasteiger partial charge in [-0.15, -0.1) is 0 Å². The molecule has 0 unspecified atom stereocenters. The van der Waals surface area contributed by atoms with Crippen molar-refractivity contribution in [3.8, 4) is 0 Å². The fourth-order valence-corrected chi connectivity index (χ4v) is 5.58. The molecule has 6 heteroatoms. The fraction of sp³-hybridized carbons (Fsp3) is 0.923. The predicted octanol–water partition coefficient (Wildman–Crippen LogP) is 1.28. The van der Waals surface area contributed by atoms with Gasteiger partial charge in [-0.2, -0.15) is 0 Å². The van der Waals surface area contributed by atoms with Gasteiger partial charge in [-0.3, -0.25) is 4.79 Å². The maximum atomic E-state index is 12.4. The molecule has 2 fully saturated rings. The molecule has 1 spiro atoms. The Bertz CT molecular complexity index is 426. The highest BCUT2D eigenvalue weighted by molar-refractivity contribution is 7.92. The zero-order valence-electron chi connectivity index (χ0n) is 11.3. The average molecular weight is 289 g/mol. The van der Waals surface area contributed by atoms with Gasteiger partial charge < -0.3 is 10.0 Å². The lowest BCUT2D eigenvalue weighted by Crippen LogP contribution is -2.57. The van der Waals surface area contributed by atoms with Crippen molar-refractivity contribution in [2.75, 3.05) is 25.4 Å². The van der Waals surface area contributed by atoms with E-state index in [2.05, 4.69) is 4.90 Å². The van der Waals surface area contributed by atoms with Crippen molar-refractivity contribution in [1.82, 2.24) is 4.90 Å². The van der Waals surface area contributed by atoms with Crippen LogP contribution in [0.4, 0.5) is 0 Å². The largest absolute Gasteiger partial charge is 0.481 e. The smallest absolute Gasteiger partial charge is 0.303 e. The molecule has 0 atom stereocenters. The van der Waals surface area contributed by atoms with Crippen LogP contribution < -0.4 is 0 Å². The van der Waals surface area contributed by atoms with E-state index in [0.717, 1.165) is 32.1 Å². The molecule has 1 heterocycles. The number of rotatable bonds is 4. The van der Waals surface area contributed by atoms with Gasteiger partial charge in [-0.1, -0.05) is 19.3 Å². The van der Waals surface area contributed by atoms with Gasteiger partial charge in [0.2, 0.25) is 0 Å². The second-order valence-corrected chi connectivity index (χ2v) is 8.34. The third kappa shape index (κ3) is 3.28. The number of carboxylic acids is 1. The maximum Gasteiger partial charge on any atom is 0.303 e. The minimum atomic E-state index is -2.98. The van der Waals surface area contributed by atoms with Gasteiger partial charge in [0.05, 0.1) is 10.5 Å². The fourth-order valence-electron chi connectivity index (χ4n) is 3.36. The number of aliphatic carboxylic acids is 1. The van der Waals surface area contributed by atoms with Crippen LogP contribution in [0.15, 0.2) is 0 Å². The Labute approximate surface area is 114 Å². The summed E-state index contributed by atoms with van der Waals surface area (Å²) in [6.45, 7) is 1.86. The van der Waals surface area contributed by atoms with Crippen LogP contribution in [-0.2, 0) is 14.6 Å². The highest BCUT2D eigenvalue weighted by atomic mass is 32.2. The van der Waals surface area contributed by atoms with Crippen molar-refractivity contribution in [2.45, 2.75) is 49.7 Å². The Hall–Kier alpha value is -0.620. The van der Waals surface area contributed by atoms with E-state index in [0.29, 0.717) is 26.1 Å². The highest BCUT2D eigenvalue weighted by Gasteiger charge is 2.47. The zero-order chi connectivity index (χ0) is 13.9. The van der Waals surface area contributed by atoms with E-state index in [4.69, 9.17) is 5.11 Å². The van der Waals surface area contributed by atoms with Gasteiger partial charge in [-0.25, -0.2) is 8.42 Å². The quantitative estimate of drug-likeness (QED) is 0.844. The van der Waals surface area contributed by atoms with Crippen molar-refractivity contribution in [1.29, 1.82) is 0 Å². The van der Waals surface area contributed by atoms with Gasteiger partial charge >= 0.3 is 5.97 Å². The standard InChI is InChI=1S/C13H23NO4S/c15-12(16)5-4-8-14-9-10-19(17,18)13(11-14)6-2-1-3-7-13/h1-11H2,(H,15,16). The van der Waals surface area contributed by atoms with Gasteiger partial charge in [-0.05, 0) is 25.8 Å². The van der Waals surface area contributed by atoms with Gasteiger partial charge in [0, 0.05) is 19.5 Å². The molecule has 0 radical (unpaired) electrons. The highest BCUT2D eigenvalue weighted by Crippen LogP contribution is 2.38. The van der Waals surface area contributed by atoms with Crippen molar-refractivity contribution in [2.24, 2.45) is 0 Å². The Morgan fingerprint density at radius 3 is 2.53 bits per heavy atom. The van der Waals surface area contributed by atoms with E-state index in [1.54, 1.807) is 0 Å². The summed E-state index contributed by atoms with van der Waals surface area (Å²) in [5, 5.41) is 8.65. The van der Waals surface area contributed by atoms with Crippen LogP contribution in [0.5, 0.6) is 0 Å². The first-order valence-corrected chi connectivity index (χ1v) is 8.77. The molecule has 5 nitrogen and oxygen atoms in total. The Morgan fingerprint density at radius 1 is 1.21 bits per heavy atom. The first-order valence-electron chi connectivity index (χ1n) is 7.12. The molecule has 1 aliphatic carbocycles. The van der Waals surface area contributed by atoms with Gasteiger partial charge in [0.15, 0.2) is 9.84 Å². The summed E-state index contributed by atoms with van der Waals surface area (Å²) in [5.74, 6) is -0.544. The second kappa shape index (κ2) is 5.79. The number of hydrogen-bond donors (Lipinski definition) is 1. The monoisotopic (exact) mass is 289 g/mol. The van der Waals surface area contributed by atoms with Gasteiger partial charge in [0.25, 0.3) is 0 Å². The Morgan fingerprint density at radius 2 is 1.89 bits per heavy atom. The van der Waals surface area contributed by atoms with Crippen LogP contribution in [0, 0.1) is 0 Å². The molecule has 2 aliphatic rings. The molecule has 0 bridgehead atoms. The summed E-state index contributed by atoms with van der Waals surface area (Å²) < 4.78 is 24.2. The van der Waals surface area contributed by atoms with Crippen LogP contribution >= 0.6 is 0 Å². The average Bonchev–Trinajstić information content (AvgIpc) is 2.35. The van der Waals surface area contributed by atoms with E-state index in [1.807, 2.05) is 0 Å². The van der Waals surface area contributed by atoms with Crippen molar-refractivity contribution in [3.63, 3.8) is 0 Å². The molecule has 1 saturated carbocycles. The SMILES string of the molecule is O=C(O)CCCN1CCS(=O)(=O)C2(CCCCC2)C1. The van der Waals surface area contributed by atoms with E-state index >= 15 is 0 Å². The summed E-state index contributed by atoms with van der Waals surface area (Å²) >= 11 is 0. The lowest BCUT2D eigenvalue weighted by molar-refractivity contribution is -0.137. The van der Waals surface area contributed by atoms with E-state index < -0.39 is 20.6 Å². The number of carbonyl (C=O) groups is 1. The molecule has 1 aliphatic heterocycles. The van der Waals surface area contributed by atoms with E-state index in [9.17, 15) is 13.2 Å². The molecule has 0 aromatic carbocycles. The maximum absolute atomic E-state index is 12.4. The summed E-state index contributed by atoms with van der Waals surface area (Å²) in [7, 11) is -2.98. The zero-order valence-corrected chi connectivity index (χ0v) is 12.1. The van der Waals surface area contributed by atoms with Crippen LogP contribution in [0.3, 0.4) is 0 Å². The minimum absolute atomic E-state index is 0.163. The van der Waals surface area contributed by atoms with Crippen molar-refractivity contribution >= 4 is 15.8 Å². The lowest BCUT2D eigenvalue weighted by Gasteiger charge is -2.44. The third-order valence-electron chi connectivity index (χ3n) is 4.48. The molecule has 0 aromatic rings. The van der Waals surface area contributed by atoms with Crippen LogP contribution in [0.2, 0.25) is 0 Å². The first kappa shape index (κ1) is 14.8. The van der Waals surface area contributed by atoms with Crippen LogP contribution in [0.25, 0.3) is 0 Å². The van der Waals surface area contributed by atoms with Crippen molar-refractivity contribution < 1.29 is 18.3 Å². The van der Waals surface area contributed by atoms with Crippen LogP contribution in [-0.4, -0.2) is 54.5 Å². The van der Waals surface area contributed by atoms with Crippen molar-refractivity contribution in [3.05, 3.63) is 0 Å². The number of hydrogen-bond acceptors (Lipinski definition) is 4. The number of sulfone groups is 1. The molecule has 1 saturated heterocycles. The second-order valence-electron chi connectivity index (χ2n) is 5.84. The molecular weight excluding hydrogens is 266 g/mol. The van der Waals surface area contributed by atoms with Crippen LogP contribution in [0.1, 0.15) is 44.9 Å². The summed E-state index contributed by atoms with van der Waals surface area (Å²) in [4.78, 5) is 12.7. The number of nitrogens with zero attached hydrogens (tertiary/aromatic N) is 1. The lowest BCUT2D eigenvalue weighted by atomic mass is 9.87. The Kier molecular flexibility index (Phi) is 4.50. The topological polar surface area (TPSA) is 74.7 Å². The summed E-state index contributed by atoms with van der Waals surface area (Å²) in [5.41, 5.74) is 0. The molecule has 19 heavy (non-hydrogen) atoms. The molecule has 1 N–H and O–H groups in total. The molecule has 0 amide bonds. The number of carboxylic acid groups (broad SMARTS) is 1. The van der Waals surface area contributed by atoms with Gasteiger partial charge in [0.1, 0.15) is 0 Å². The molecular formula is C13H23NO4S. The summed E-state index contributed by atoms with van der Waals surface area (Å²) in [6.07, 6.45) is 5.47. The third-order valence-corrected chi connectivity index (χ3v) is 7.05. The van der Waals surface area contributed by atoms with E-state index in [1.165, 1.54) is 0 Å².